The van der Waals surface area contributed by atoms with Gasteiger partial charge in [-0.3, -0.25) is 5.21 Å². The molecule has 2 aromatic heterocycles. The summed E-state index contributed by atoms with van der Waals surface area (Å²) in [7, 11) is 0. The molecule has 4 rings (SSSR count). The van der Waals surface area contributed by atoms with Gasteiger partial charge in [0.25, 0.3) is 0 Å². The third-order valence-electron chi connectivity index (χ3n) is 4.60. The van der Waals surface area contributed by atoms with E-state index in [9.17, 15) is 10.0 Å². The predicted octanol–water partition coefficient (Wildman–Crippen LogP) is 6.30. The number of aryl methyl sites for hydroxylation is 1. The van der Waals surface area contributed by atoms with Crippen LogP contribution in [-0.4, -0.2) is 26.2 Å². The Kier molecular flexibility index (Phi) is 6.75. The lowest BCUT2D eigenvalue weighted by molar-refractivity contribution is 0.216. The lowest BCUT2D eigenvalue weighted by Gasteiger charge is -2.16. The minimum atomic E-state index is -0.684. The van der Waals surface area contributed by atoms with E-state index in [4.69, 9.17) is 16.6 Å². The van der Waals surface area contributed by atoms with Crippen molar-refractivity contribution in [3.05, 3.63) is 77.2 Å². The maximum Gasteiger partial charge on any atom is 0.350 e. The first-order valence-electron chi connectivity index (χ1n) is 9.97. The molecular weight excluding hydrogens is 446 g/mol. The van der Waals surface area contributed by atoms with Gasteiger partial charge in [0, 0.05) is 16.9 Å². The second kappa shape index (κ2) is 9.86. The summed E-state index contributed by atoms with van der Waals surface area (Å²) in [5.74, 6) is 0. The molecule has 0 radical (unpaired) electrons. The highest BCUT2D eigenvalue weighted by Crippen LogP contribution is 2.37. The molecule has 0 saturated heterocycles. The summed E-state index contributed by atoms with van der Waals surface area (Å²) in [5.41, 5.74) is 3.16. The average Bonchev–Trinajstić information content (AvgIpc) is 3.25. The molecular formula is C23H20ClN5O2S. The number of benzene rings is 2. The van der Waals surface area contributed by atoms with Gasteiger partial charge in [0.2, 0.25) is 0 Å². The predicted molar refractivity (Wildman–Crippen MR) is 127 cm³/mol. The van der Waals surface area contributed by atoms with Gasteiger partial charge in [-0.15, -0.1) is 11.3 Å². The number of carbonyl (C=O) groups excluding carboxylic acids is 1. The Morgan fingerprint density at radius 3 is 2.72 bits per heavy atom. The summed E-state index contributed by atoms with van der Waals surface area (Å²) in [6.45, 7) is 2.11. The van der Waals surface area contributed by atoms with Crippen LogP contribution in [0.15, 0.2) is 67.1 Å². The molecule has 2 aromatic carbocycles. The van der Waals surface area contributed by atoms with E-state index in [0.717, 1.165) is 39.7 Å². The van der Waals surface area contributed by atoms with Crippen molar-refractivity contribution in [2.75, 3.05) is 10.4 Å². The monoisotopic (exact) mass is 465 g/mol. The first-order valence-corrected chi connectivity index (χ1v) is 11.2. The number of anilines is 2. The highest BCUT2D eigenvalue weighted by atomic mass is 35.5. The number of thiazole rings is 1. The molecule has 0 aliphatic heterocycles. The molecule has 0 atom stereocenters. The number of halogens is 1. The summed E-state index contributed by atoms with van der Waals surface area (Å²) in [6, 6.07) is 14.9. The second-order valence-corrected chi connectivity index (χ2v) is 8.45. The summed E-state index contributed by atoms with van der Waals surface area (Å²) < 4.78 is 0. The maximum absolute atomic E-state index is 12.5. The van der Waals surface area contributed by atoms with E-state index < -0.39 is 6.03 Å². The minimum Gasteiger partial charge on any atom is -0.306 e. The second-order valence-electron chi connectivity index (χ2n) is 6.93. The van der Waals surface area contributed by atoms with Crippen LogP contribution in [0.4, 0.5) is 16.2 Å². The first kappa shape index (κ1) is 21.9. The van der Waals surface area contributed by atoms with E-state index in [-0.39, 0.29) is 0 Å². The van der Waals surface area contributed by atoms with Gasteiger partial charge in [0.05, 0.1) is 21.3 Å². The van der Waals surface area contributed by atoms with E-state index >= 15 is 0 Å². The summed E-state index contributed by atoms with van der Waals surface area (Å²) >= 11 is 7.46. The SMILES string of the molecule is CCCc1nc(-c2ccncn2)c(-c2cccc(N(O)C(=O)Nc3ccc(Cl)cc3)c2)s1. The molecule has 0 aliphatic rings. The number of carbonyl (C=O) groups is 1. The molecule has 0 spiro atoms. The average molecular weight is 466 g/mol. The third-order valence-corrected chi connectivity index (χ3v) is 6.02. The number of hydrogen-bond acceptors (Lipinski definition) is 6. The summed E-state index contributed by atoms with van der Waals surface area (Å²) in [6.07, 6.45) is 5.01. The van der Waals surface area contributed by atoms with Gasteiger partial charge in [-0.05, 0) is 60.9 Å². The van der Waals surface area contributed by atoms with Crippen LogP contribution in [-0.2, 0) is 6.42 Å². The fourth-order valence-electron chi connectivity index (χ4n) is 3.09. The molecule has 0 aliphatic carbocycles. The molecule has 2 N–H and O–H groups in total. The van der Waals surface area contributed by atoms with Crippen molar-refractivity contribution in [3.8, 4) is 21.8 Å². The number of amides is 2. The molecule has 0 bridgehead atoms. The Balaban J connectivity index is 1.64. The standard InChI is InChI=1S/C23H20ClN5O2S/c1-2-4-20-28-21(19-11-12-25-14-26-19)22(32-20)15-5-3-6-18(13-15)29(31)23(30)27-17-9-7-16(24)8-10-17/h3,5-14,31H,2,4H2,1H3,(H,27,30). The van der Waals surface area contributed by atoms with Gasteiger partial charge >= 0.3 is 6.03 Å². The van der Waals surface area contributed by atoms with Crippen LogP contribution < -0.4 is 10.4 Å². The van der Waals surface area contributed by atoms with Crippen LogP contribution in [0.5, 0.6) is 0 Å². The minimum absolute atomic E-state index is 0.327. The Bertz CT molecular complexity index is 1210. The third kappa shape index (κ3) is 4.94. The molecule has 7 nitrogen and oxygen atoms in total. The van der Waals surface area contributed by atoms with Crippen molar-refractivity contribution in [1.29, 1.82) is 0 Å². The fourth-order valence-corrected chi connectivity index (χ4v) is 4.39. The van der Waals surface area contributed by atoms with Crippen LogP contribution in [0.25, 0.3) is 21.8 Å². The van der Waals surface area contributed by atoms with Crippen LogP contribution in [0.2, 0.25) is 5.02 Å². The van der Waals surface area contributed by atoms with Crippen LogP contribution >= 0.6 is 22.9 Å². The zero-order valence-electron chi connectivity index (χ0n) is 17.2. The number of rotatable bonds is 6. The molecule has 4 aromatic rings. The van der Waals surface area contributed by atoms with E-state index in [2.05, 4.69) is 22.2 Å². The number of hydroxylamine groups is 1. The van der Waals surface area contributed by atoms with Crippen molar-refractivity contribution in [2.45, 2.75) is 19.8 Å². The smallest absolute Gasteiger partial charge is 0.306 e. The largest absolute Gasteiger partial charge is 0.350 e. The van der Waals surface area contributed by atoms with E-state index in [1.54, 1.807) is 60.0 Å². The summed E-state index contributed by atoms with van der Waals surface area (Å²) in [4.78, 5) is 26.6. The van der Waals surface area contributed by atoms with Gasteiger partial charge in [0.15, 0.2) is 0 Å². The molecule has 0 unspecified atom stereocenters. The van der Waals surface area contributed by atoms with Crippen molar-refractivity contribution >= 4 is 40.3 Å². The number of nitrogens with zero attached hydrogens (tertiary/aromatic N) is 4. The zero-order valence-corrected chi connectivity index (χ0v) is 18.8. The highest BCUT2D eigenvalue weighted by Gasteiger charge is 2.19. The molecule has 9 heteroatoms. The number of aromatic nitrogens is 3. The Hall–Kier alpha value is -3.33. The number of urea groups is 1. The number of nitrogens with one attached hydrogen (secondary N) is 1. The van der Waals surface area contributed by atoms with Crippen molar-refractivity contribution in [1.82, 2.24) is 15.0 Å². The topological polar surface area (TPSA) is 91.2 Å². The summed E-state index contributed by atoms with van der Waals surface area (Å²) in [5, 5.41) is 15.3. The number of hydrogen-bond donors (Lipinski definition) is 2. The fraction of sp³-hybridized carbons (Fsp3) is 0.130. The lowest BCUT2D eigenvalue weighted by Crippen LogP contribution is -2.31. The van der Waals surface area contributed by atoms with Gasteiger partial charge < -0.3 is 5.32 Å². The Morgan fingerprint density at radius 2 is 2.00 bits per heavy atom. The molecule has 0 saturated carbocycles. The highest BCUT2D eigenvalue weighted by molar-refractivity contribution is 7.15. The van der Waals surface area contributed by atoms with Gasteiger partial charge in [-0.1, -0.05) is 30.7 Å². The normalized spacial score (nSPS) is 10.7. The van der Waals surface area contributed by atoms with E-state index in [0.29, 0.717) is 21.5 Å². The van der Waals surface area contributed by atoms with Crippen molar-refractivity contribution in [3.63, 3.8) is 0 Å². The van der Waals surface area contributed by atoms with Gasteiger partial charge in [0.1, 0.15) is 12.0 Å². The molecule has 0 fully saturated rings. The van der Waals surface area contributed by atoms with Gasteiger partial charge in [-0.2, -0.15) is 5.06 Å². The quantitative estimate of drug-likeness (QED) is 0.257. The maximum atomic E-state index is 12.5. The Labute approximate surface area is 194 Å². The van der Waals surface area contributed by atoms with Crippen LogP contribution in [0, 0.1) is 0 Å². The van der Waals surface area contributed by atoms with Crippen molar-refractivity contribution in [2.24, 2.45) is 0 Å². The molecule has 2 amide bonds. The van der Waals surface area contributed by atoms with Crippen molar-refractivity contribution < 1.29 is 10.0 Å². The lowest BCUT2D eigenvalue weighted by atomic mass is 10.1. The van der Waals surface area contributed by atoms with Gasteiger partial charge in [-0.25, -0.2) is 19.7 Å². The first-order chi connectivity index (χ1) is 15.5. The zero-order chi connectivity index (χ0) is 22.5. The molecule has 32 heavy (non-hydrogen) atoms. The molecule has 162 valence electrons. The van der Waals surface area contributed by atoms with E-state index in [1.807, 2.05) is 12.1 Å². The Morgan fingerprint density at radius 1 is 1.19 bits per heavy atom. The van der Waals surface area contributed by atoms with Crippen LogP contribution in [0.1, 0.15) is 18.4 Å². The van der Waals surface area contributed by atoms with E-state index in [1.165, 1.54) is 6.33 Å². The molecule has 2 heterocycles. The van der Waals surface area contributed by atoms with Crippen LogP contribution in [0.3, 0.4) is 0 Å².